The summed E-state index contributed by atoms with van der Waals surface area (Å²) in [5, 5.41) is 0.624. The zero-order valence-electron chi connectivity index (χ0n) is 6.76. The molecule has 0 aliphatic heterocycles. The zero-order valence-corrected chi connectivity index (χ0v) is 10.3. The number of hydrogen-bond donors (Lipinski definition) is 0. The Morgan fingerprint density at radius 2 is 1.64 bits per heavy atom. The van der Waals surface area contributed by atoms with Crippen LogP contribution in [0.3, 0.4) is 0 Å². The van der Waals surface area contributed by atoms with E-state index in [2.05, 4.69) is 0 Å². The molecule has 0 amide bonds. The maximum absolute atomic E-state index is 5.31. The molecule has 2 fully saturated rings. The second-order valence-corrected chi connectivity index (χ2v) is 4.55. The second kappa shape index (κ2) is 4.31. The largest absolute Gasteiger partial charge is 0.789 e. The van der Waals surface area contributed by atoms with E-state index in [0.29, 0.717) is 5.25 Å². The van der Waals surface area contributed by atoms with Gasteiger partial charge >= 0.3 is 0 Å². The first-order valence-corrected chi connectivity index (χ1v) is 4.99. The predicted octanol–water partition coefficient (Wildman–Crippen LogP) is 2.50. The molecule has 2 aliphatic rings. The average molecular weight is 341 g/mol. The van der Waals surface area contributed by atoms with Crippen LogP contribution in [0.4, 0.5) is 0 Å². The Bertz CT molecular complexity index is 127. The van der Waals surface area contributed by atoms with Crippen molar-refractivity contribution < 1.29 is 20.4 Å². The molecule has 0 aromatic rings. The number of rotatable bonds is 0. The molecule has 3 unspecified atom stereocenters. The Morgan fingerprint density at radius 3 is 2.45 bits per heavy atom. The Kier molecular flexibility index (Phi) is 3.95. The minimum absolute atomic E-state index is 0. The summed E-state index contributed by atoms with van der Waals surface area (Å²) in [7, 11) is 0. The molecule has 2 rings (SSSR count). The Balaban J connectivity index is 0.000000605. The molecule has 11 heavy (non-hydrogen) atoms. The van der Waals surface area contributed by atoms with Crippen molar-refractivity contribution in [3.8, 4) is 0 Å². The minimum Gasteiger partial charge on any atom is -0.789 e. The fraction of sp³-hybridized carbons (Fsp3) is 1.00. The van der Waals surface area contributed by atoms with Gasteiger partial charge in [-0.1, -0.05) is 38.5 Å². The summed E-state index contributed by atoms with van der Waals surface area (Å²) in [4.78, 5) is 0. The summed E-state index contributed by atoms with van der Waals surface area (Å²) < 4.78 is 0. The van der Waals surface area contributed by atoms with Crippen molar-refractivity contribution in [2.45, 2.75) is 43.8 Å². The van der Waals surface area contributed by atoms with Gasteiger partial charge in [0.05, 0.1) is 0 Å². The fourth-order valence-electron chi connectivity index (χ4n) is 2.66. The third-order valence-corrected chi connectivity index (χ3v) is 3.67. The molecule has 0 aromatic carbocycles. The van der Waals surface area contributed by atoms with E-state index in [-0.39, 0.29) is 20.4 Å². The van der Waals surface area contributed by atoms with E-state index in [9.17, 15) is 0 Å². The standard InChI is InChI=1S/C9H16S.Re/c10-9-5-4-7-2-1-3-8(7)6-9;/h7-10H,1-6H2;/p-1. The minimum atomic E-state index is 0. The van der Waals surface area contributed by atoms with Gasteiger partial charge in [-0.15, -0.1) is 0 Å². The average Bonchev–Trinajstić information content (AvgIpc) is 2.33. The molecule has 1 radical (unpaired) electrons. The van der Waals surface area contributed by atoms with Crippen LogP contribution in [0.15, 0.2) is 0 Å². The summed E-state index contributed by atoms with van der Waals surface area (Å²) in [5.41, 5.74) is 0. The fourth-order valence-corrected chi connectivity index (χ4v) is 3.04. The van der Waals surface area contributed by atoms with Gasteiger partial charge in [-0.3, -0.25) is 0 Å². The van der Waals surface area contributed by atoms with Crippen LogP contribution < -0.4 is 0 Å². The molecule has 2 heteroatoms. The Hall–Kier alpha value is 1.01. The molecular weight excluding hydrogens is 326 g/mol. The van der Waals surface area contributed by atoms with Gasteiger partial charge in [0, 0.05) is 20.4 Å². The van der Waals surface area contributed by atoms with E-state index in [0.717, 1.165) is 11.8 Å². The van der Waals surface area contributed by atoms with E-state index in [1.807, 2.05) is 0 Å². The van der Waals surface area contributed by atoms with Gasteiger partial charge in [0.25, 0.3) is 0 Å². The smallest absolute Gasteiger partial charge is 0 e. The second-order valence-electron chi connectivity index (χ2n) is 3.89. The molecule has 3 atom stereocenters. The first-order chi connectivity index (χ1) is 4.86. The normalized spacial score (nSPS) is 42.8. The quantitative estimate of drug-likeness (QED) is 0.610. The van der Waals surface area contributed by atoms with Crippen LogP contribution >= 0.6 is 0 Å². The summed E-state index contributed by atoms with van der Waals surface area (Å²) in [6.07, 6.45) is 8.61. The van der Waals surface area contributed by atoms with Crippen LogP contribution in [0.2, 0.25) is 0 Å². The summed E-state index contributed by atoms with van der Waals surface area (Å²) in [5.74, 6) is 2.12. The summed E-state index contributed by atoms with van der Waals surface area (Å²) in [6.45, 7) is 0. The monoisotopic (exact) mass is 342 g/mol. The molecule has 2 aliphatic carbocycles. The first kappa shape index (κ1) is 10.1. The van der Waals surface area contributed by atoms with Crippen molar-refractivity contribution in [1.29, 1.82) is 0 Å². The van der Waals surface area contributed by atoms with Gasteiger partial charge < -0.3 is 12.6 Å². The molecular formula is C9H15ReS-. The van der Waals surface area contributed by atoms with Gasteiger partial charge in [-0.25, -0.2) is 0 Å². The third-order valence-electron chi connectivity index (χ3n) is 3.24. The maximum atomic E-state index is 5.31. The van der Waals surface area contributed by atoms with Crippen LogP contribution in [0, 0.1) is 11.8 Å². The van der Waals surface area contributed by atoms with E-state index in [1.54, 1.807) is 0 Å². The molecule has 0 heterocycles. The van der Waals surface area contributed by atoms with Crippen molar-refractivity contribution in [3.63, 3.8) is 0 Å². The predicted molar refractivity (Wildman–Crippen MR) is 45.8 cm³/mol. The molecule has 65 valence electrons. The molecule has 0 saturated heterocycles. The zero-order chi connectivity index (χ0) is 6.97. The van der Waals surface area contributed by atoms with Gasteiger partial charge in [0.15, 0.2) is 0 Å². The van der Waals surface area contributed by atoms with Gasteiger partial charge in [0.2, 0.25) is 0 Å². The number of fused-ring (bicyclic) bond motifs is 1. The summed E-state index contributed by atoms with van der Waals surface area (Å²) >= 11 is 5.31. The summed E-state index contributed by atoms with van der Waals surface area (Å²) in [6, 6.07) is 0. The molecule has 0 bridgehead atoms. The molecule has 0 aromatic heterocycles. The van der Waals surface area contributed by atoms with Crippen LogP contribution in [-0.4, -0.2) is 5.25 Å². The topological polar surface area (TPSA) is 0 Å². The first-order valence-electron chi connectivity index (χ1n) is 4.52. The maximum Gasteiger partial charge on any atom is 0 e. The van der Waals surface area contributed by atoms with E-state index in [1.165, 1.54) is 38.5 Å². The molecule has 0 N–H and O–H groups in total. The van der Waals surface area contributed by atoms with Crippen LogP contribution in [-0.2, 0) is 33.1 Å². The van der Waals surface area contributed by atoms with Crippen LogP contribution in [0.25, 0.3) is 0 Å². The molecule has 2 saturated carbocycles. The van der Waals surface area contributed by atoms with Crippen LogP contribution in [0.5, 0.6) is 0 Å². The van der Waals surface area contributed by atoms with E-state index < -0.39 is 0 Å². The Labute approximate surface area is 88.6 Å². The van der Waals surface area contributed by atoms with Crippen LogP contribution in [0.1, 0.15) is 38.5 Å². The van der Waals surface area contributed by atoms with Crippen molar-refractivity contribution in [3.05, 3.63) is 0 Å². The third kappa shape index (κ3) is 2.23. The number of hydrogen-bond acceptors (Lipinski definition) is 1. The van der Waals surface area contributed by atoms with Crippen molar-refractivity contribution in [2.75, 3.05) is 0 Å². The van der Waals surface area contributed by atoms with Crippen molar-refractivity contribution >= 4 is 12.6 Å². The van der Waals surface area contributed by atoms with Gasteiger partial charge in [-0.2, -0.15) is 5.25 Å². The SMILES string of the molecule is [Re].[S-]C1CCC2CCCC2C1. The van der Waals surface area contributed by atoms with Crippen molar-refractivity contribution in [2.24, 2.45) is 11.8 Å². The molecule has 0 nitrogen and oxygen atoms in total. The Morgan fingerprint density at radius 1 is 0.909 bits per heavy atom. The van der Waals surface area contributed by atoms with Gasteiger partial charge in [0.1, 0.15) is 0 Å². The van der Waals surface area contributed by atoms with Gasteiger partial charge in [-0.05, 0) is 11.8 Å². The molecule has 0 spiro atoms. The van der Waals surface area contributed by atoms with E-state index >= 15 is 0 Å². The van der Waals surface area contributed by atoms with E-state index in [4.69, 9.17) is 12.6 Å². The van der Waals surface area contributed by atoms with Crippen molar-refractivity contribution in [1.82, 2.24) is 0 Å².